The van der Waals surface area contributed by atoms with E-state index < -0.39 is 0 Å². The minimum atomic E-state index is -0.131. The number of aromatic nitrogens is 1. The first-order valence-corrected chi connectivity index (χ1v) is 13.0. The van der Waals surface area contributed by atoms with Crippen LogP contribution in [0.2, 0.25) is 0 Å². The lowest BCUT2D eigenvalue weighted by atomic mass is 9.73. The van der Waals surface area contributed by atoms with Gasteiger partial charge >= 0.3 is 0 Å². The van der Waals surface area contributed by atoms with Crippen molar-refractivity contribution in [2.45, 2.75) is 33.1 Å². The lowest BCUT2D eigenvalue weighted by molar-refractivity contribution is 0.633. The van der Waals surface area contributed by atoms with E-state index in [9.17, 15) is 0 Å². The highest BCUT2D eigenvalue weighted by molar-refractivity contribution is 6.18. The number of hydrogen-bond acceptors (Lipinski definition) is 1. The van der Waals surface area contributed by atoms with Gasteiger partial charge in [-0.3, -0.25) is 0 Å². The minimum Gasteiger partial charge on any atom is -0.309 e. The zero-order valence-corrected chi connectivity index (χ0v) is 21.8. The second kappa shape index (κ2) is 7.85. The van der Waals surface area contributed by atoms with E-state index in [4.69, 9.17) is 0 Å². The van der Waals surface area contributed by atoms with E-state index in [1.54, 1.807) is 0 Å². The van der Waals surface area contributed by atoms with Gasteiger partial charge in [0.15, 0.2) is 0 Å². The van der Waals surface area contributed by atoms with Crippen molar-refractivity contribution in [3.05, 3.63) is 131 Å². The predicted octanol–water partition coefficient (Wildman–Crippen LogP) is 9.51. The number of benzene rings is 5. The molecule has 2 nitrogen and oxygen atoms in total. The largest absolute Gasteiger partial charge is 0.309 e. The van der Waals surface area contributed by atoms with Gasteiger partial charge in [0.05, 0.1) is 22.4 Å². The van der Waals surface area contributed by atoms with E-state index in [-0.39, 0.29) is 5.41 Å². The highest BCUT2D eigenvalue weighted by atomic mass is 15.2. The lowest BCUT2D eigenvalue weighted by Crippen LogP contribution is -2.30. The van der Waals surface area contributed by atoms with Crippen LogP contribution in [0.5, 0.6) is 0 Å². The van der Waals surface area contributed by atoms with Crippen molar-refractivity contribution >= 4 is 38.9 Å². The molecule has 1 aliphatic heterocycles. The Labute approximate surface area is 218 Å². The van der Waals surface area contributed by atoms with Crippen LogP contribution >= 0.6 is 0 Å². The number of aryl methyl sites for hydroxylation is 2. The molecular formula is C35H30N2. The number of para-hydroxylation sites is 2. The second-order valence-electron chi connectivity index (χ2n) is 10.9. The Bertz CT molecular complexity index is 1800. The fraction of sp³-hybridized carbons (Fsp3) is 0.143. The van der Waals surface area contributed by atoms with Crippen LogP contribution in [0, 0.1) is 13.8 Å². The Morgan fingerprint density at radius 3 is 1.89 bits per heavy atom. The van der Waals surface area contributed by atoms with Gasteiger partial charge < -0.3 is 9.47 Å². The molecule has 0 aliphatic carbocycles. The molecule has 180 valence electrons. The van der Waals surface area contributed by atoms with E-state index in [1.807, 2.05) is 0 Å². The summed E-state index contributed by atoms with van der Waals surface area (Å²) in [6.07, 6.45) is 0. The molecule has 6 aromatic rings. The van der Waals surface area contributed by atoms with Gasteiger partial charge in [-0.15, -0.1) is 0 Å². The van der Waals surface area contributed by atoms with Crippen LogP contribution in [0.3, 0.4) is 0 Å². The quantitative estimate of drug-likeness (QED) is 0.240. The molecule has 1 aromatic heterocycles. The SMILES string of the molecule is Cc1ccc(N2c3ccccc3C(C)(C)c3ccc4c(c32)c2ccccc2n4-c2ccc(C)cc2)cc1. The number of anilines is 3. The highest BCUT2D eigenvalue weighted by Crippen LogP contribution is 2.55. The van der Waals surface area contributed by atoms with E-state index >= 15 is 0 Å². The van der Waals surface area contributed by atoms with Crippen molar-refractivity contribution in [2.24, 2.45) is 0 Å². The van der Waals surface area contributed by atoms with Crippen molar-refractivity contribution in [1.82, 2.24) is 4.57 Å². The molecule has 37 heavy (non-hydrogen) atoms. The summed E-state index contributed by atoms with van der Waals surface area (Å²) in [7, 11) is 0. The van der Waals surface area contributed by atoms with Crippen LogP contribution in [0.15, 0.2) is 109 Å². The summed E-state index contributed by atoms with van der Waals surface area (Å²) in [4.78, 5) is 2.49. The molecule has 0 fully saturated rings. The zero-order chi connectivity index (χ0) is 25.3. The summed E-state index contributed by atoms with van der Waals surface area (Å²) < 4.78 is 2.42. The third kappa shape index (κ3) is 3.12. The molecule has 1 aliphatic rings. The summed E-state index contributed by atoms with van der Waals surface area (Å²) in [6, 6.07) is 40.2. The predicted molar refractivity (Wildman–Crippen MR) is 157 cm³/mol. The monoisotopic (exact) mass is 478 g/mol. The Morgan fingerprint density at radius 2 is 1.16 bits per heavy atom. The normalized spacial score (nSPS) is 14.1. The van der Waals surface area contributed by atoms with Crippen molar-refractivity contribution < 1.29 is 0 Å². The van der Waals surface area contributed by atoms with Crippen LogP contribution in [-0.2, 0) is 5.41 Å². The van der Waals surface area contributed by atoms with Gasteiger partial charge in [-0.05, 0) is 67.4 Å². The highest BCUT2D eigenvalue weighted by Gasteiger charge is 2.38. The van der Waals surface area contributed by atoms with Gasteiger partial charge in [0.25, 0.3) is 0 Å². The lowest BCUT2D eigenvalue weighted by Gasteiger charge is -2.42. The third-order valence-electron chi connectivity index (χ3n) is 8.11. The maximum atomic E-state index is 2.49. The second-order valence-corrected chi connectivity index (χ2v) is 10.9. The maximum absolute atomic E-state index is 2.49. The van der Waals surface area contributed by atoms with Gasteiger partial charge in [-0.1, -0.05) is 91.7 Å². The van der Waals surface area contributed by atoms with Crippen molar-refractivity contribution in [1.29, 1.82) is 0 Å². The van der Waals surface area contributed by atoms with Gasteiger partial charge in [0, 0.05) is 27.6 Å². The van der Waals surface area contributed by atoms with Gasteiger partial charge in [0.2, 0.25) is 0 Å². The molecule has 0 atom stereocenters. The number of rotatable bonds is 2. The average molecular weight is 479 g/mol. The van der Waals surface area contributed by atoms with Crippen molar-refractivity contribution in [3.63, 3.8) is 0 Å². The zero-order valence-electron chi connectivity index (χ0n) is 21.8. The first-order chi connectivity index (χ1) is 17.9. The van der Waals surface area contributed by atoms with Crippen molar-refractivity contribution in [2.75, 3.05) is 4.90 Å². The molecule has 2 heteroatoms. The summed E-state index contributed by atoms with van der Waals surface area (Å²) in [5.41, 5.74) is 12.5. The molecule has 5 aromatic carbocycles. The van der Waals surface area contributed by atoms with Crippen molar-refractivity contribution in [3.8, 4) is 5.69 Å². The number of nitrogens with zero attached hydrogens (tertiary/aromatic N) is 2. The molecule has 0 unspecified atom stereocenters. The summed E-state index contributed by atoms with van der Waals surface area (Å²) in [6.45, 7) is 9.02. The molecule has 0 amide bonds. The minimum absolute atomic E-state index is 0.131. The van der Waals surface area contributed by atoms with Gasteiger partial charge in [-0.2, -0.15) is 0 Å². The Morgan fingerprint density at radius 1 is 0.541 bits per heavy atom. The summed E-state index contributed by atoms with van der Waals surface area (Å²) in [5.74, 6) is 0. The van der Waals surface area contributed by atoms with Crippen LogP contribution < -0.4 is 4.90 Å². The molecule has 0 bridgehead atoms. The molecule has 0 radical (unpaired) electrons. The van der Waals surface area contributed by atoms with Crippen LogP contribution in [0.25, 0.3) is 27.5 Å². The maximum Gasteiger partial charge on any atom is 0.0602 e. The van der Waals surface area contributed by atoms with Crippen LogP contribution in [0.4, 0.5) is 17.1 Å². The summed E-state index contributed by atoms with van der Waals surface area (Å²) in [5, 5.41) is 2.58. The molecule has 2 heterocycles. The fourth-order valence-corrected chi connectivity index (χ4v) is 6.18. The standard InChI is InChI=1S/C35H30N2/c1-23-13-17-25(18-14-23)36-30-11-7-5-9-27(30)33-32(36)22-21-29-34(33)37(26-19-15-24(2)16-20-26)31-12-8-6-10-28(31)35(29,3)4/h5-22H,1-4H3. The molecule has 0 N–H and O–H groups in total. The Balaban J connectivity index is 1.65. The Hall–Kier alpha value is -4.30. The third-order valence-corrected chi connectivity index (χ3v) is 8.11. The number of hydrogen-bond donors (Lipinski definition) is 0. The van der Waals surface area contributed by atoms with E-state index in [0.717, 1.165) is 0 Å². The Kier molecular flexibility index (Phi) is 4.65. The molecule has 0 spiro atoms. The fourth-order valence-electron chi connectivity index (χ4n) is 6.18. The van der Waals surface area contributed by atoms with E-state index in [1.165, 1.54) is 66.8 Å². The first kappa shape index (κ1) is 21.9. The number of fused-ring (bicyclic) bond motifs is 6. The average Bonchev–Trinajstić information content (AvgIpc) is 3.25. The van der Waals surface area contributed by atoms with E-state index in [0.29, 0.717) is 0 Å². The molecule has 7 rings (SSSR count). The summed E-state index contributed by atoms with van der Waals surface area (Å²) >= 11 is 0. The first-order valence-electron chi connectivity index (χ1n) is 13.0. The van der Waals surface area contributed by atoms with Gasteiger partial charge in [0.1, 0.15) is 0 Å². The molecule has 0 saturated heterocycles. The van der Waals surface area contributed by atoms with Crippen LogP contribution in [0.1, 0.15) is 36.1 Å². The molecule has 0 saturated carbocycles. The molecular weight excluding hydrogens is 448 g/mol. The smallest absolute Gasteiger partial charge is 0.0602 e. The van der Waals surface area contributed by atoms with Crippen LogP contribution in [-0.4, -0.2) is 4.57 Å². The topological polar surface area (TPSA) is 8.17 Å². The van der Waals surface area contributed by atoms with E-state index in [2.05, 4.69) is 146 Å². The van der Waals surface area contributed by atoms with Gasteiger partial charge in [-0.25, -0.2) is 0 Å².